The molecule has 5 heteroatoms. The summed E-state index contributed by atoms with van der Waals surface area (Å²) in [5.41, 5.74) is 4.11. The van der Waals surface area contributed by atoms with Crippen molar-refractivity contribution in [2.24, 2.45) is 5.10 Å². The molecule has 2 rings (SSSR count). The third-order valence-electron chi connectivity index (χ3n) is 3.50. The quantitative estimate of drug-likeness (QED) is 0.319. The normalized spacial score (nSPS) is 9.52. The van der Waals surface area contributed by atoms with Crippen molar-refractivity contribution < 1.29 is 4.79 Å². The molecule has 5 nitrogen and oxygen atoms in total. The molecule has 2 aromatic rings. The molecule has 0 atom stereocenters. The molecule has 0 aliphatic heterocycles. The zero-order valence-corrected chi connectivity index (χ0v) is 15.2. The zero-order chi connectivity index (χ0) is 18.2. The van der Waals surface area contributed by atoms with Gasteiger partial charge in [0.15, 0.2) is 0 Å². The summed E-state index contributed by atoms with van der Waals surface area (Å²) in [6.07, 6.45) is 12.3. The molecular weight excluding hydrogens is 312 g/mol. The number of nitrogens with zero attached hydrogens (tertiary/aromatic N) is 3. The second-order valence-corrected chi connectivity index (χ2v) is 5.55. The van der Waals surface area contributed by atoms with Crippen molar-refractivity contribution in [3.8, 4) is 0 Å². The van der Waals surface area contributed by atoms with Crippen LogP contribution in [-0.2, 0) is 4.79 Å². The summed E-state index contributed by atoms with van der Waals surface area (Å²) < 4.78 is 0. The molecule has 1 N–H and O–H groups in total. The van der Waals surface area contributed by atoms with Gasteiger partial charge in [0, 0.05) is 12.4 Å². The molecule has 0 bridgehead atoms. The molecule has 2 heterocycles. The summed E-state index contributed by atoms with van der Waals surface area (Å²) in [5, 5.41) is 3.96. The number of aromatic nitrogens is 2. The smallest absolute Gasteiger partial charge is 0.227 e. The van der Waals surface area contributed by atoms with Gasteiger partial charge < -0.3 is 0 Å². The number of hydrazone groups is 1. The number of unbranched alkanes of at least 4 members (excludes halogenated alkanes) is 5. The summed E-state index contributed by atoms with van der Waals surface area (Å²) >= 11 is 0. The number of nitrogens with one attached hydrogen (secondary N) is 1. The van der Waals surface area contributed by atoms with E-state index in [0.717, 1.165) is 0 Å². The van der Waals surface area contributed by atoms with E-state index < -0.39 is 0 Å². The van der Waals surface area contributed by atoms with E-state index in [1.165, 1.54) is 38.5 Å². The van der Waals surface area contributed by atoms with E-state index in [-0.39, 0.29) is 0 Å². The van der Waals surface area contributed by atoms with Crippen molar-refractivity contribution in [3.63, 3.8) is 0 Å². The third kappa shape index (κ3) is 8.74. The average Bonchev–Trinajstić information content (AvgIpc) is 2.68. The molecule has 0 unspecified atom stereocenters. The summed E-state index contributed by atoms with van der Waals surface area (Å²) in [4.78, 5) is 18.7. The van der Waals surface area contributed by atoms with Crippen molar-refractivity contribution in [2.45, 2.75) is 52.4 Å². The van der Waals surface area contributed by atoms with Crippen LogP contribution in [0.3, 0.4) is 0 Å². The molecule has 0 saturated carbocycles. The van der Waals surface area contributed by atoms with Crippen LogP contribution >= 0.6 is 0 Å². The van der Waals surface area contributed by atoms with Gasteiger partial charge in [-0.15, -0.1) is 0 Å². The highest BCUT2D eigenvalue weighted by atomic mass is 16.1. The van der Waals surface area contributed by atoms with Gasteiger partial charge in [-0.3, -0.25) is 14.8 Å². The summed E-state index contributed by atoms with van der Waals surface area (Å²) in [6, 6.07) is 10.9. The maximum atomic E-state index is 10.3. The van der Waals surface area contributed by atoms with Gasteiger partial charge in [-0.05, 0) is 24.3 Å². The van der Waals surface area contributed by atoms with Crippen LogP contribution in [0.5, 0.6) is 0 Å². The van der Waals surface area contributed by atoms with E-state index in [0.29, 0.717) is 23.5 Å². The molecule has 2 aromatic heterocycles. The van der Waals surface area contributed by atoms with Crippen molar-refractivity contribution >= 4 is 12.1 Å². The lowest BCUT2D eigenvalue weighted by Crippen LogP contribution is -2.13. The SMILES string of the molecule is CCCCCCCC.O=CNN=C(c1ccccn1)c1ccccn1. The third-order valence-corrected chi connectivity index (χ3v) is 3.50. The Morgan fingerprint density at radius 3 is 1.80 bits per heavy atom. The molecule has 0 aromatic carbocycles. The van der Waals surface area contributed by atoms with Crippen LogP contribution in [0.15, 0.2) is 53.9 Å². The Kier molecular flexibility index (Phi) is 11.3. The average molecular weight is 340 g/mol. The van der Waals surface area contributed by atoms with Crippen molar-refractivity contribution in [3.05, 3.63) is 60.2 Å². The Hall–Kier alpha value is -2.56. The van der Waals surface area contributed by atoms with Crippen LogP contribution < -0.4 is 5.43 Å². The minimum Gasteiger partial charge on any atom is -0.277 e. The lowest BCUT2D eigenvalue weighted by molar-refractivity contribution is -0.109. The fourth-order valence-electron chi connectivity index (χ4n) is 2.20. The Morgan fingerprint density at radius 2 is 1.44 bits per heavy atom. The molecule has 0 spiro atoms. The zero-order valence-electron chi connectivity index (χ0n) is 15.2. The Balaban J connectivity index is 0.000000333. The first kappa shape index (κ1) is 20.5. The van der Waals surface area contributed by atoms with Crippen LogP contribution in [0.2, 0.25) is 0 Å². The van der Waals surface area contributed by atoms with Gasteiger partial charge in [0.2, 0.25) is 6.41 Å². The first-order valence-electron chi connectivity index (χ1n) is 8.93. The summed E-state index contributed by atoms with van der Waals surface area (Å²) in [6.45, 7) is 4.51. The van der Waals surface area contributed by atoms with Gasteiger partial charge in [0.05, 0.1) is 11.4 Å². The van der Waals surface area contributed by atoms with Crippen LogP contribution in [-0.4, -0.2) is 22.1 Å². The molecule has 0 saturated heterocycles. The Morgan fingerprint density at radius 1 is 0.920 bits per heavy atom. The molecular formula is C20H28N4O. The molecule has 1 amide bonds. The van der Waals surface area contributed by atoms with Crippen molar-refractivity contribution in [1.29, 1.82) is 0 Å². The summed E-state index contributed by atoms with van der Waals surface area (Å²) in [5.74, 6) is 0. The van der Waals surface area contributed by atoms with Crippen molar-refractivity contribution in [1.82, 2.24) is 15.4 Å². The molecule has 134 valence electrons. The fraction of sp³-hybridized carbons (Fsp3) is 0.400. The first-order valence-corrected chi connectivity index (χ1v) is 8.93. The topological polar surface area (TPSA) is 67.2 Å². The van der Waals surface area contributed by atoms with E-state index in [2.05, 4.69) is 34.3 Å². The van der Waals surface area contributed by atoms with E-state index >= 15 is 0 Å². The summed E-state index contributed by atoms with van der Waals surface area (Å²) in [7, 11) is 0. The van der Waals surface area contributed by atoms with E-state index in [1.54, 1.807) is 24.5 Å². The number of pyridine rings is 2. The Bertz CT molecular complexity index is 552. The second kappa shape index (κ2) is 13.8. The van der Waals surface area contributed by atoms with Gasteiger partial charge in [-0.25, -0.2) is 5.43 Å². The van der Waals surface area contributed by atoms with Gasteiger partial charge in [-0.2, -0.15) is 5.10 Å². The van der Waals surface area contributed by atoms with Crippen LogP contribution in [0.1, 0.15) is 63.8 Å². The van der Waals surface area contributed by atoms with Crippen LogP contribution in [0, 0.1) is 0 Å². The van der Waals surface area contributed by atoms with Crippen molar-refractivity contribution in [2.75, 3.05) is 0 Å². The molecule has 0 fully saturated rings. The van der Waals surface area contributed by atoms with Gasteiger partial charge in [0.25, 0.3) is 0 Å². The molecule has 0 aliphatic rings. The van der Waals surface area contributed by atoms with Gasteiger partial charge in [0.1, 0.15) is 5.71 Å². The number of rotatable bonds is 9. The maximum absolute atomic E-state index is 10.3. The molecule has 0 radical (unpaired) electrons. The predicted octanol–water partition coefficient (Wildman–Crippen LogP) is 4.34. The largest absolute Gasteiger partial charge is 0.277 e. The number of amides is 1. The number of hydrogen-bond acceptors (Lipinski definition) is 4. The Labute approximate surface area is 150 Å². The van der Waals surface area contributed by atoms with Gasteiger partial charge in [-0.1, -0.05) is 64.5 Å². The maximum Gasteiger partial charge on any atom is 0.227 e. The lowest BCUT2D eigenvalue weighted by atomic mass is 10.1. The molecule has 25 heavy (non-hydrogen) atoms. The monoisotopic (exact) mass is 340 g/mol. The second-order valence-electron chi connectivity index (χ2n) is 5.55. The van der Waals surface area contributed by atoms with E-state index in [1.807, 2.05) is 24.3 Å². The number of carbonyl (C=O) groups excluding carboxylic acids is 1. The van der Waals surface area contributed by atoms with Crippen LogP contribution in [0.25, 0.3) is 0 Å². The minimum absolute atomic E-state index is 0.506. The highest BCUT2D eigenvalue weighted by Crippen LogP contribution is 2.05. The first-order chi connectivity index (χ1) is 12.3. The van der Waals surface area contributed by atoms with E-state index in [4.69, 9.17) is 0 Å². The number of hydrogen-bond donors (Lipinski definition) is 1. The predicted molar refractivity (Wildman–Crippen MR) is 102 cm³/mol. The fourth-order valence-corrected chi connectivity index (χ4v) is 2.20. The molecule has 0 aliphatic carbocycles. The van der Waals surface area contributed by atoms with Crippen LogP contribution in [0.4, 0.5) is 0 Å². The highest BCUT2D eigenvalue weighted by molar-refractivity contribution is 6.10. The van der Waals surface area contributed by atoms with Gasteiger partial charge >= 0.3 is 0 Å². The highest BCUT2D eigenvalue weighted by Gasteiger charge is 2.08. The standard InChI is InChI=1S/C12H10N4O.C8H18/c17-9-15-16-12(10-5-1-3-7-13-10)11-6-2-4-8-14-11;1-3-5-7-8-6-4-2/h1-9H,(H,15,17);3-8H2,1-2H3. The number of carbonyl (C=O) groups is 1. The van der Waals surface area contributed by atoms with E-state index in [9.17, 15) is 4.79 Å². The lowest BCUT2D eigenvalue weighted by Gasteiger charge is -2.03. The minimum atomic E-state index is 0.506.